The van der Waals surface area contributed by atoms with Crippen molar-refractivity contribution in [2.24, 2.45) is 0 Å². The van der Waals surface area contributed by atoms with E-state index < -0.39 is 18.1 Å². The van der Waals surface area contributed by atoms with Gasteiger partial charge in [-0.05, 0) is 13.0 Å². The molecule has 0 aliphatic carbocycles. The van der Waals surface area contributed by atoms with Crippen LogP contribution in [0.2, 0.25) is 0 Å². The number of anilines is 1. The van der Waals surface area contributed by atoms with Gasteiger partial charge < -0.3 is 15.1 Å². The number of carboxylic acids is 1. The first-order chi connectivity index (χ1) is 9.06. The van der Waals surface area contributed by atoms with Crippen molar-refractivity contribution < 1.29 is 15.0 Å². The van der Waals surface area contributed by atoms with E-state index in [1.165, 1.54) is 6.33 Å². The zero-order chi connectivity index (χ0) is 13.6. The van der Waals surface area contributed by atoms with Crippen LogP contribution in [0.1, 0.15) is 11.3 Å². The molecule has 1 fully saturated rings. The largest absolute Gasteiger partial charge is 0.480 e. The third-order valence-corrected chi connectivity index (χ3v) is 4.23. The van der Waals surface area contributed by atoms with Crippen LogP contribution < -0.4 is 4.90 Å². The monoisotopic (exact) mass is 279 g/mol. The standard InChI is InChI=1S/C12H13N3O3S/c1-6-2-8-10(13-5-14-11(8)19-6)15-4-7(16)3-9(15)12(17)18/h2,5,7,9,16H,3-4H2,1H3,(H,17,18). The van der Waals surface area contributed by atoms with E-state index in [-0.39, 0.29) is 13.0 Å². The Hall–Kier alpha value is -1.73. The predicted molar refractivity (Wildman–Crippen MR) is 71.5 cm³/mol. The molecule has 2 atom stereocenters. The van der Waals surface area contributed by atoms with Crippen molar-refractivity contribution in [3.05, 3.63) is 17.3 Å². The van der Waals surface area contributed by atoms with Crippen molar-refractivity contribution in [3.8, 4) is 0 Å². The first kappa shape index (κ1) is 12.3. The van der Waals surface area contributed by atoms with E-state index >= 15 is 0 Å². The lowest BCUT2D eigenvalue weighted by Gasteiger charge is -2.22. The number of carbonyl (C=O) groups is 1. The van der Waals surface area contributed by atoms with E-state index in [1.807, 2.05) is 13.0 Å². The summed E-state index contributed by atoms with van der Waals surface area (Å²) in [6.45, 7) is 2.27. The number of aromatic nitrogens is 2. The fraction of sp³-hybridized carbons (Fsp3) is 0.417. The smallest absolute Gasteiger partial charge is 0.326 e. The molecule has 1 saturated heterocycles. The third kappa shape index (κ3) is 2.04. The number of carboxylic acid groups (broad SMARTS) is 1. The molecule has 0 saturated carbocycles. The topological polar surface area (TPSA) is 86.5 Å². The zero-order valence-electron chi connectivity index (χ0n) is 10.3. The second-order valence-corrected chi connectivity index (χ2v) is 5.90. The Balaban J connectivity index is 2.10. The van der Waals surface area contributed by atoms with E-state index in [2.05, 4.69) is 9.97 Å². The highest BCUT2D eigenvalue weighted by Crippen LogP contribution is 2.33. The molecule has 1 aliphatic rings. The Morgan fingerprint density at radius 2 is 2.32 bits per heavy atom. The van der Waals surface area contributed by atoms with Gasteiger partial charge in [-0.3, -0.25) is 0 Å². The quantitative estimate of drug-likeness (QED) is 0.853. The normalized spacial score (nSPS) is 23.2. The molecule has 6 nitrogen and oxygen atoms in total. The molecule has 7 heteroatoms. The Morgan fingerprint density at radius 3 is 3.05 bits per heavy atom. The fourth-order valence-corrected chi connectivity index (χ4v) is 3.32. The van der Waals surface area contributed by atoms with Gasteiger partial charge in [-0.1, -0.05) is 0 Å². The maximum atomic E-state index is 11.3. The first-order valence-corrected chi connectivity index (χ1v) is 6.76. The van der Waals surface area contributed by atoms with Crippen molar-refractivity contribution in [2.45, 2.75) is 25.5 Å². The molecule has 0 spiro atoms. The molecule has 0 radical (unpaired) electrons. The summed E-state index contributed by atoms with van der Waals surface area (Å²) in [4.78, 5) is 23.3. The zero-order valence-corrected chi connectivity index (χ0v) is 11.1. The lowest BCUT2D eigenvalue weighted by Crippen LogP contribution is -2.36. The maximum absolute atomic E-state index is 11.3. The van der Waals surface area contributed by atoms with Crippen LogP contribution in [0.5, 0.6) is 0 Å². The van der Waals surface area contributed by atoms with E-state index in [4.69, 9.17) is 0 Å². The lowest BCUT2D eigenvalue weighted by atomic mass is 10.2. The van der Waals surface area contributed by atoms with Gasteiger partial charge in [0.25, 0.3) is 0 Å². The van der Waals surface area contributed by atoms with Crippen LogP contribution in [0.4, 0.5) is 5.82 Å². The minimum atomic E-state index is -0.935. The highest BCUT2D eigenvalue weighted by Gasteiger charge is 2.37. The van der Waals surface area contributed by atoms with Crippen LogP contribution in [0, 0.1) is 6.92 Å². The number of fused-ring (bicyclic) bond motifs is 1. The number of aryl methyl sites for hydroxylation is 1. The molecule has 19 heavy (non-hydrogen) atoms. The van der Waals surface area contributed by atoms with Crippen molar-refractivity contribution in [1.29, 1.82) is 0 Å². The van der Waals surface area contributed by atoms with Crippen molar-refractivity contribution in [3.63, 3.8) is 0 Å². The Labute approximate surface area is 113 Å². The molecule has 0 bridgehead atoms. The van der Waals surface area contributed by atoms with Crippen molar-refractivity contribution in [1.82, 2.24) is 9.97 Å². The molecule has 100 valence electrons. The molecule has 2 aromatic rings. The fourth-order valence-electron chi connectivity index (χ4n) is 2.47. The van der Waals surface area contributed by atoms with Gasteiger partial charge in [0.1, 0.15) is 23.0 Å². The van der Waals surface area contributed by atoms with Gasteiger partial charge in [-0.15, -0.1) is 11.3 Å². The molecular weight excluding hydrogens is 266 g/mol. The van der Waals surface area contributed by atoms with Crippen LogP contribution in [0.3, 0.4) is 0 Å². The molecule has 2 unspecified atom stereocenters. The molecule has 0 aromatic carbocycles. The third-order valence-electron chi connectivity index (χ3n) is 3.27. The minimum Gasteiger partial charge on any atom is -0.480 e. The number of β-amino-alcohol motifs (C(OH)–C–C–N with tert-alkyl or cyclic N) is 1. The van der Waals surface area contributed by atoms with Crippen LogP contribution in [0.25, 0.3) is 10.2 Å². The summed E-state index contributed by atoms with van der Waals surface area (Å²) in [7, 11) is 0. The van der Waals surface area contributed by atoms with Gasteiger partial charge in [0.15, 0.2) is 0 Å². The van der Waals surface area contributed by atoms with Gasteiger partial charge in [0, 0.05) is 17.8 Å². The van der Waals surface area contributed by atoms with Crippen LogP contribution in [-0.2, 0) is 4.79 Å². The van der Waals surface area contributed by atoms with Gasteiger partial charge >= 0.3 is 5.97 Å². The SMILES string of the molecule is Cc1cc2c(N3CC(O)CC3C(=O)O)ncnc2s1. The van der Waals surface area contributed by atoms with Crippen molar-refractivity contribution in [2.75, 3.05) is 11.4 Å². The molecule has 3 heterocycles. The van der Waals surface area contributed by atoms with Crippen molar-refractivity contribution >= 4 is 33.3 Å². The number of thiophene rings is 1. The Bertz CT molecular complexity index is 642. The Morgan fingerprint density at radius 1 is 1.53 bits per heavy atom. The highest BCUT2D eigenvalue weighted by atomic mass is 32.1. The number of aliphatic hydroxyl groups excluding tert-OH is 1. The summed E-state index contributed by atoms with van der Waals surface area (Å²) in [5.41, 5.74) is 0. The Kier molecular flexibility index (Phi) is 2.87. The number of hydrogen-bond donors (Lipinski definition) is 2. The average Bonchev–Trinajstić information content (AvgIpc) is 2.90. The van der Waals surface area contributed by atoms with E-state index in [1.54, 1.807) is 16.2 Å². The summed E-state index contributed by atoms with van der Waals surface area (Å²) < 4.78 is 0. The molecule has 0 amide bonds. The number of aliphatic carboxylic acids is 1. The average molecular weight is 279 g/mol. The minimum absolute atomic E-state index is 0.226. The van der Waals surface area contributed by atoms with Gasteiger partial charge in [0.05, 0.1) is 11.5 Å². The molecule has 3 rings (SSSR count). The number of nitrogens with zero attached hydrogens (tertiary/aromatic N) is 3. The highest BCUT2D eigenvalue weighted by molar-refractivity contribution is 7.18. The molecule has 2 aromatic heterocycles. The second-order valence-electron chi connectivity index (χ2n) is 4.67. The summed E-state index contributed by atoms with van der Waals surface area (Å²) in [5.74, 6) is -0.339. The molecule has 2 N–H and O–H groups in total. The van der Waals surface area contributed by atoms with Crippen LogP contribution in [0.15, 0.2) is 12.4 Å². The van der Waals surface area contributed by atoms with E-state index in [9.17, 15) is 15.0 Å². The van der Waals surface area contributed by atoms with Gasteiger partial charge in [0.2, 0.25) is 0 Å². The van der Waals surface area contributed by atoms with E-state index in [0.29, 0.717) is 5.82 Å². The summed E-state index contributed by atoms with van der Waals surface area (Å²) in [6.07, 6.45) is 1.03. The van der Waals surface area contributed by atoms with Gasteiger partial charge in [-0.25, -0.2) is 14.8 Å². The predicted octanol–water partition coefficient (Wildman–Crippen LogP) is 1.02. The molecular formula is C12H13N3O3S. The first-order valence-electron chi connectivity index (χ1n) is 5.95. The summed E-state index contributed by atoms with van der Waals surface area (Å²) >= 11 is 1.55. The number of hydrogen-bond acceptors (Lipinski definition) is 6. The summed E-state index contributed by atoms with van der Waals surface area (Å²) in [6, 6.07) is 1.23. The van der Waals surface area contributed by atoms with E-state index in [0.717, 1.165) is 15.1 Å². The lowest BCUT2D eigenvalue weighted by molar-refractivity contribution is -0.138. The number of aliphatic hydroxyl groups is 1. The van der Waals surface area contributed by atoms with Gasteiger partial charge in [-0.2, -0.15) is 0 Å². The maximum Gasteiger partial charge on any atom is 0.326 e. The van der Waals surface area contributed by atoms with Crippen LogP contribution in [-0.4, -0.2) is 44.8 Å². The molecule has 1 aliphatic heterocycles. The summed E-state index contributed by atoms with van der Waals surface area (Å²) in [5, 5.41) is 19.8. The number of rotatable bonds is 2. The van der Waals surface area contributed by atoms with Crippen LogP contribution >= 0.6 is 11.3 Å². The second kappa shape index (κ2) is 4.43.